The summed E-state index contributed by atoms with van der Waals surface area (Å²) in [7, 11) is 0. The van der Waals surface area contributed by atoms with Crippen molar-refractivity contribution >= 4 is 34.0 Å². The Hall–Kier alpha value is -3.98. The topological polar surface area (TPSA) is 96.4 Å². The van der Waals surface area contributed by atoms with Crippen LogP contribution in [0.15, 0.2) is 67.4 Å². The Bertz CT molecular complexity index is 1400. The summed E-state index contributed by atoms with van der Waals surface area (Å²) in [5.74, 6) is 1.96. The van der Waals surface area contributed by atoms with Gasteiger partial charge in [-0.2, -0.15) is 4.98 Å². The number of nitrogens with zero attached hydrogens (tertiary/aromatic N) is 7. The molecule has 1 saturated heterocycles. The molecule has 9 heteroatoms. The number of pyridine rings is 1. The van der Waals surface area contributed by atoms with E-state index in [0.29, 0.717) is 17.6 Å². The van der Waals surface area contributed by atoms with Gasteiger partial charge in [-0.15, -0.1) is 5.10 Å². The van der Waals surface area contributed by atoms with E-state index in [2.05, 4.69) is 31.3 Å². The van der Waals surface area contributed by atoms with Crippen molar-refractivity contribution in [1.82, 2.24) is 29.1 Å². The van der Waals surface area contributed by atoms with E-state index in [1.807, 2.05) is 57.9 Å². The van der Waals surface area contributed by atoms with E-state index in [1.165, 1.54) is 0 Å². The SMILES string of the molecule is OC[C@@H]1CCCN1c1nc(Nc2cn(-c3ccnc4ccccc34)cn2)c2cccn2n1. The number of fused-ring (bicyclic) bond motifs is 2. The van der Waals surface area contributed by atoms with Crippen molar-refractivity contribution in [2.45, 2.75) is 18.9 Å². The zero-order valence-electron chi connectivity index (χ0n) is 17.3. The number of para-hydroxylation sites is 1. The Kier molecular flexibility index (Phi) is 4.46. The van der Waals surface area contributed by atoms with Crippen LogP contribution in [0.25, 0.3) is 22.1 Å². The Balaban J connectivity index is 1.36. The largest absolute Gasteiger partial charge is 0.394 e. The van der Waals surface area contributed by atoms with E-state index in [4.69, 9.17) is 4.98 Å². The van der Waals surface area contributed by atoms with Crippen molar-refractivity contribution in [3.63, 3.8) is 0 Å². The first-order valence-electron chi connectivity index (χ1n) is 10.7. The predicted octanol–water partition coefficient (Wildman–Crippen LogP) is 3.17. The molecule has 5 aromatic rings. The molecule has 1 aliphatic heterocycles. The van der Waals surface area contributed by atoms with Gasteiger partial charge in [-0.1, -0.05) is 18.2 Å². The van der Waals surface area contributed by atoms with Gasteiger partial charge < -0.3 is 19.9 Å². The van der Waals surface area contributed by atoms with Crippen LogP contribution >= 0.6 is 0 Å². The highest BCUT2D eigenvalue weighted by molar-refractivity contribution is 5.87. The van der Waals surface area contributed by atoms with E-state index < -0.39 is 0 Å². The lowest BCUT2D eigenvalue weighted by Crippen LogP contribution is -2.34. The van der Waals surface area contributed by atoms with Crippen molar-refractivity contribution in [2.24, 2.45) is 0 Å². The second-order valence-corrected chi connectivity index (χ2v) is 7.91. The molecule has 1 fully saturated rings. The highest BCUT2D eigenvalue weighted by atomic mass is 16.3. The molecule has 0 aliphatic carbocycles. The van der Waals surface area contributed by atoms with Crippen molar-refractivity contribution in [3.05, 3.63) is 67.4 Å². The molecule has 0 amide bonds. The number of aliphatic hydroxyl groups excluding tert-OH is 1. The van der Waals surface area contributed by atoms with Gasteiger partial charge in [0.15, 0.2) is 5.82 Å². The predicted molar refractivity (Wildman–Crippen MR) is 123 cm³/mol. The minimum atomic E-state index is 0.0510. The lowest BCUT2D eigenvalue weighted by molar-refractivity contribution is 0.265. The van der Waals surface area contributed by atoms with Gasteiger partial charge in [-0.3, -0.25) is 4.98 Å². The molecule has 0 saturated carbocycles. The highest BCUT2D eigenvalue weighted by Crippen LogP contribution is 2.27. The summed E-state index contributed by atoms with van der Waals surface area (Å²) < 4.78 is 3.79. The molecule has 0 unspecified atom stereocenters. The molecule has 1 aliphatic rings. The van der Waals surface area contributed by atoms with Crippen molar-refractivity contribution in [2.75, 3.05) is 23.4 Å². The van der Waals surface area contributed by atoms with Gasteiger partial charge in [0, 0.05) is 24.3 Å². The third-order valence-corrected chi connectivity index (χ3v) is 5.96. The Morgan fingerprint density at radius 1 is 1.09 bits per heavy atom. The second kappa shape index (κ2) is 7.61. The number of aromatic nitrogens is 6. The molecule has 0 bridgehead atoms. The quantitative estimate of drug-likeness (QED) is 0.446. The molecule has 4 aromatic heterocycles. The number of imidazole rings is 1. The first-order chi connectivity index (χ1) is 15.8. The fraction of sp³-hybridized carbons (Fsp3) is 0.217. The molecule has 1 aromatic carbocycles. The third kappa shape index (κ3) is 3.14. The summed E-state index contributed by atoms with van der Waals surface area (Å²) >= 11 is 0. The molecule has 32 heavy (non-hydrogen) atoms. The van der Waals surface area contributed by atoms with Crippen LogP contribution in [0.4, 0.5) is 17.6 Å². The summed E-state index contributed by atoms with van der Waals surface area (Å²) in [6.45, 7) is 0.932. The molecule has 9 nitrogen and oxygen atoms in total. The van der Waals surface area contributed by atoms with E-state index in [0.717, 1.165) is 41.5 Å². The number of hydrogen-bond acceptors (Lipinski definition) is 7. The van der Waals surface area contributed by atoms with Crippen LogP contribution in [-0.4, -0.2) is 53.4 Å². The number of anilines is 3. The summed E-state index contributed by atoms with van der Waals surface area (Å²) in [6, 6.07) is 14.0. The summed E-state index contributed by atoms with van der Waals surface area (Å²) in [5.41, 5.74) is 2.81. The van der Waals surface area contributed by atoms with E-state index in [-0.39, 0.29) is 12.6 Å². The Labute approximate surface area is 184 Å². The number of aliphatic hydroxyl groups is 1. The standard InChI is InChI=1S/C23H22N8O/c32-14-16-5-3-11-30(16)23-27-22(20-8-4-12-31(20)28-23)26-21-13-29(15-25-21)19-9-10-24-18-7-2-1-6-17(18)19/h1-2,4,6-10,12-13,15-16,32H,3,5,11,14H2,(H,26,27,28)/t16-/m0/s1. The number of nitrogens with one attached hydrogen (secondary N) is 1. The summed E-state index contributed by atoms with van der Waals surface area (Å²) in [4.78, 5) is 15.9. The van der Waals surface area contributed by atoms with E-state index >= 15 is 0 Å². The van der Waals surface area contributed by atoms with E-state index in [9.17, 15) is 5.11 Å². The maximum atomic E-state index is 9.72. The maximum Gasteiger partial charge on any atom is 0.245 e. The minimum Gasteiger partial charge on any atom is -0.394 e. The fourth-order valence-corrected chi connectivity index (χ4v) is 4.37. The van der Waals surface area contributed by atoms with Crippen molar-refractivity contribution in [1.29, 1.82) is 0 Å². The molecule has 2 N–H and O–H groups in total. The molecule has 160 valence electrons. The normalized spacial score (nSPS) is 16.3. The molecule has 6 rings (SSSR count). The summed E-state index contributed by atoms with van der Waals surface area (Å²) in [6.07, 6.45) is 9.39. The number of hydrogen-bond donors (Lipinski definition) is 2. The molecular weight excluding hydrogens is 404 g/mol. The van der Waals surface area contributed by atoms with Crippen molar-refractivity contribution < 1.29 is 5.11 Å². The lowest BCUT2D eigenvalue weighted by atomic mass is 10.2. The monoisotopic (exact) mass is 426 g/mol. The minimum absolute atomic E-state index is 0.0510. The second-order valence-electron chi connectivity index (χ2n) is 7.91. The van der Waals surface area contributed by atoms with Gasteiger partial charge in [-0.25, -0.2) is 9.50 Å². The van der Waals surface area contributed by atoms with Crippen LogP contribution in [0, 0.1) is 0 Å². The third-order valence-electron chi connectivity index (χ3n) is 5.96. The van der Waals surface area contributed by atoms with Gasteiger partial charge in [0.1, 0.15) is 17.7 Å². The van der Waals surface area contributed by atoms with Gasteiger partial charge in [0.2, 0.25) is 5.95 Å². The highest BCUT2D eigenvalue weighted by Gasteiger charge is 2.27. The van der Waals surface area contributed by atoms with Gasteiger partial charge in [-0.05, 0) is 37.1 Å². The van der Waals surface area contributed by atoms with E-state index in [1.54, 1.807) is 12.5 Å². The molecule has 5 heterocycles. The zero-order valence-corrected chi connectivity index (χ0v) is 17.3. The number of rotatable bonds is 5. The molecular formula is C23H22N8O. The Morgan fingerprint density at radius 3 is 2.97 bits per heavy atom. The first-order valence-corrected chi connectivity index (χ1v) is 10.7. The van der Waals surface area contributed by atoms with Crippen LogP contribution in [0.1, 0.15) is 12.8 Å². The van der Waals surface area contributed by atoms with Gasteiger partial charge in [0.25, 0.3) is 0 Å². The smallest absolute Gasteiger partial charge is 0.245 e. The van der Waals surface area contributed by atoms with Gasteiger partial charge >= 0.3 is 0 Å². The average Bonchev–Trinajstić information content (AvgIpc) is 3.58. The zero-order chi connectivity index (χ0) is 21.5. The molecule has 0 radical (unpaired) electrons. The van der Waals surface area contributed by atoms with Crippen molar-refractivity contribution in [3.8, 4) is 5.69 Å². The maximum absolute atomic E-state index is 9.72. The van der Waals surface area contributed by atoms with Crippen LogP contribution < -0.4 is 10.2 Å². The Morgan fingerprint density at radius 2 is 2.03 bits per heavy atom. The first kappa shape index (κ1) is 18.8. The van der Waals surface area contributed by atoms with Crippen LogP contribution in [0.3, 0.4) is 0 Å². The average molecular weight is 426 g/mol. The number of benzene rings is 1. The van der Waals surface area contributed by atoms with Gasteiger partial charge in [0.05, 0.1) is 30.0 Å². The summed E-state index contributed by atoms with van der Waals surface area (Å²) in [5, 5.41) is 18.8. The molecule has 1 atom stereocenters. The van der Waals surface area contributed by atoms with Crippen LogP contribution in [0.2, 0.25) is 0 Å². The fourth-order valence-electron chi connectivity index (χ4n) is 4.37. The lowest BCUT2D eigenvalue weighted by Gasteiger charge is -2.23. The van der Waals surface area contributed by atoms with Crippen LogP contribution in [0.5, 0.6) is 0 Å². The molecule has 0 spiro atoms. The van der Waals surface area contributed by atoms with Crippen LogP contribution in [-0.2, 0) is 0 Å².